The molecule has 4 rings (SSSR count). The predicted octanol–water partition coefficient (Wildman–Crippen LogP) is 3.00. The average Bonchev–Trinajstić information content (AvgIpc) is 2.79. The highest BCUT2D eigenvalue weighted by Gasteiger charge is 2.35. The van der Waals surface area contributed by atoms with Crippen molar-refractivity contribution in [2.24, 2.45) is 5.92 Å². The summed E-state index contributed by atoms with van der Waals surface area (Å²) < 4.78 is 0. The van der Waals surface area contributed by atoms with Crippen LogP contribution in [0.1, 0.15) is 18.4 Å². The average molecular weight is 440 g/mol. The van der Waals surface area contributed by atoms with Gasteiger partial charge in [0, 0.05) is 43.3 Å². The lowest BCUT2D eigenvalue weighted by molar-refractivity contribution is -0.145. The molecule has 1 atom stereocenters. The number of hydrogen-bond donors (Lipinski definition) is 0. The molecule has 2 fully saturated rings. The third-order valence-electron chi connectivity index (χ3n) is 6.03. The maximum Gasteiger partial charge on any atom is 0.246 e. The summed E-state index contributed by atoms with van der Waals surface area (Å²) >= 11 is 5.93. The van der Waals surface area contributed by atoms with E-state index in [4.69, 9.17) is 11.6 Å². The first-order valence-electron chi connectivity index (χ1n) is 10.7. The Labute approximate surface area is 187 Å². The third-order valence-corrected chi connectivity index (χ3v) is 6.29. The zero-order chi connectivity index (χ0) is 21.8. The molecule has 31 heavy (non-hydrogen) atoms. The van der Waals surface area contributed by atoms with Gasteiger partial charge in [-0.2, -0.15) is 0 Å². The topological polar surface area (TPSA) is 60.9 Å². The second kappa shape index (κ2) is 9.52. The molecule has 0 aromatic heterocycles. The van der Waals surface area contributed by atoms with Crippen molar-refractivity contribution >= 4 is 35.0 Å². The van der Waals surface area contributed by atoms with Gasteiger partial charge in [-0.25, -0.2) is 0 Å². The molecule has 1 unspecified atom stereocenters. The van der Waals surface area contributed by atoms with Crippen LogP contribution in [0.3, 0.4) is 0 Å². The maximum absolute atomic E-state index is 13.1. The first kappa shape index (κ1) is 21.4. The number of rotatable bonds is 5. The van der Waals surface area contributed by atoms with Crippen molar-refractivity contribution in [3.8, 4) is 0 Å². The standard InChI is InChI=1S/C24H26ClN3O3/c25-20-9-6-18(7-10-20)12-13-26-16-19(8-11-22(26)29)24(31)27-14-15-28(23(30)17-27)21-4-2-1-3-5-21/h1-7,9-10,19H,8,11-17H2. The van der Waals surface area contributed by atoms with Crippen molar-refractivity contribution in [1.82, 2.24) is 9.80 Å². The molecule has 0 bridgehead atoms. The Bertz CT molecular complexity index is 948. The number of carbonyl (C=O) groups excluding carboxylic acids is 3. The Balaban J connectivity index is 1.33. The normalized spacial score (nSPS) is 19.6. The number of halogens is 1. The number of piperidine rings is 1. The lowest BCUT2D eigenvalue weighted by Crippen LogP contribution is -2.55. The van der Waals surface area contributed by atoms with E-state index in [9.17, 15) is 14.4 Å². The largest absolute Gasteiger partial charge is 0.342 e. The highest BCUT2D eigenvalue weighted by atomic mass is 35.5. The fourth-order valence-electron chi connectivity index (χ4n) is 4.25. The number of likely N-dealkylation sites (tertiary alicyclic amines) is 1. The quantitative estimate of drug-likeness (QED) is 0.719. The van der Waals surface area contributed by atoms with Gasteiger partial charge in [0.15, 0.2) is 0 Å². The number of amides is 3. The van der Waals surface area contributed by atoms with E-state index in [1.54, 1.807) is 14.7 Å². The van der Waals surface area contributed by atoms with Crippen LogP contribution in [0.15, 0.2) is 54.6 Å². The molecule has 162 valence electrons. The Kier molecular flexibility index (Phi) is 6.56. The first-order chi connectivity index (χ1) is 15.0. The van der Waals surface area contributed by atoms with E-state index >= 15 is 0 Å². The monoisotopic (exact) mass is 439 g/mol. The molecule has 6 nitrogen and oxygen atoms in total. The van der Waals surface area contributed by atoms with Gasteiger partial charge < -0.3 is 14.7 Å². The van der Waals surface area contributed by atoms with Crippen LogP contribution in [0.5, 0.6) is 0 Å². The van der Waals surface area contributed by atoms with E-state index in [1.807, 2.05) is 54.6 Å². The number of hydrogen-bond acceptors (Lipinski definition) is 3. The number of nitrogens with zero attached hydrogens (tertiary/aromatic N) is 3. The molecule has 2 aromatic carbocycles. The van der Waals surface area contributed by atoms with Crippen LogP contribution in [0.25, 0.3) is 0 Å². The maximum atomic E-state index is 13.1. The van der Waals surface area contributed by atoms with Crippen molar-refractivity contribution in [3.63, 3.8) is 0 Å². The van der Waals surface area contributed by atoms with Crippen molar-refractivity contribution in [1.29, 1.82) is 0 Å². The summed E-state index contributed by atoms with van der Waals surface area (Å²) in [5.41, 5.74) is 1.96. The molecule has 0 N–H and O–H groups in total. The zero-order valence-electron chi connectivity index (χ0n) is 17.4. The predicted molar refractivity (Wildman–Crippen MR) is 120 cm³/mol. The summed E-state index contributed by atoms with van der Waals surface area (Å²) in [7, 11) is 0. The molecule has 0 spiro atoms. The summed E-state index contributed by atoms with van der Waals surface area (Å²) in [5.74, 6) is -0.260. The van der Waals surface area contributed by atoms with Crippen molar-refractivity contribution in [2.75, 3.05) is 37.6 Å². The van der Waals surface area contributed by atoms with Crippen LogP contribution in [-0.4, -0.2) is 60.2 Å². The number of benzene rings is 2. The van der Waals surface area contributed by atoms with Gasteiger partial charge in [-0.3, -0.25) is 14.4 Å². The van der Waals surface area contributed by atoms with E-state index in [1.165, 1.54) is 0 Å². The molecule has 2 aromatic rings. The Morgan fingerprint density at radius 2 is 1.71 bits per heavy atom. The van der Waals surface area contributed by atoms with Crippen LogP contribution in [0.2, 0.25) is 5.02 Å². The minimum Gasteiger partial charge on any atom is -0.342 e. The van der Waals surface area contributed by atoms with Gasteiger partial charge in [0.25, 0.3) is 0 Å². The van der Waals surface area contributed by atoms with Crippen LogP contribution in [-0.2, 0) is 20.8 Å². The highest BCUT2D eigenvalue weighted by Crippen LogP contribution is 2.23. The molecule has 2 aliphatic heterocycles. The lowest BCUT2D eigenvalue weighted by atomic mass is 9.95. The van der Waals surface area contributed by atoms with Gasteiger partial charge >= 0.3 is 0 Å². The van der Waals surface area contributed by atoms with Gasteiger partial charge in [0.05, 0.1) is 5.92 Å². The fraction of sp³-hybridized carbons (Fsp3) is 0.375. The zero-order valence-corrected chi connectivity index (χ0v) is 18.1. The summed E-state index contributed by atoms with van der Waals surface area (Å²) in [6.07, 6.45) is 1.63. The Hall–Kier alpha value is -2.86. The van der Waals surface area contributed by atoms with E-state index in [2.05, 4.69) is 0 Å². The van der Waals surface area contributed by atoms with Gasteiger partial charge in [-0.05, 0) is 42.7 Å². The van der Waals surface area contributed by atoms with E-state index in [0.717, 1.165) is 17.7 Å². The molecule has 0 aliphatic carbocycles. The van der Waals surface area contributed by atoms with Crippen LogP contribution < -0.4 is 4.90 Å². The molecule has 0 radical (unpaired) electrons. The molecule has 2 saturated heterocycles. The van der Waals surface area contributed by atoms with Gasteiger partial charge in [0.1, 0.15) is 6.54 Å². The fourth-order valence-corrected chi connectivity index (χ4v) is 4.37. The lowest BCUT2D eigenvalue weighted by Gasteiger charge is -2.38. The van der Waals surface area contributed by atoms with Crippen molar-refractivity contribution < 1.29 is 14.4 Å². The van der Waals surface area contributed by atoms with E-state index in [0.29, 0.717) is 44.0 Å². The minimum absolute atomic E-state index is 0.0231. The first-order valence-corrected chi connectivity index (χ1v) is 11.1. The number of piperazine rings is 1. The Morgan fingerprint density at radius 1 is 0.968 bits per heavy atom. The van der Waals surface area contributed by atoms with E-state index in [-0.39, 0.29) is 30.2 Å². The van der Waals surface area contributed by atoms with Gasteiger partial charge in [0.2, 0.25) is 17.7 Å². The molecular weight excluding hydrogens is 414 g/mol. The summed E-state index contributed by atoms with van der Waals surface area (Å²) in [6, 6.07) is 17.1. The van der Waals surface area contributed by atoms with E-state index < -0.39 is 0 Å². The molecule has 0 saturated carbocycles. The molecule has 2 aliphatic rings. The number of anilines is 1. The molecular formula is C24H26ClN3O3. The van der Waals surface area contributed by atoms with Crippen molar-refractivity contribution in [3.05, 3.63) is 65.2 Å². The highest BCUT2D eigenvalue weighted by molar-refractivity contribution is 6.30. The third kappa shape index (κ3) is 5.07. The Morgan fingerprint density at radius 3 is 2.42 bits per heavy atom. The second-order valence-corrected chi connectivity index (χ2v) is 8.53. The molecule has 2 heterocycles. The minimum atomic E-state index is -0.251. The summed E-state index contributed by atoms with van der Waals surface area (Å²) in [4.78, 5) is 43.3. The van der Waals surface area contributed by atoms with Gasteiger partial charge in [-0.1, -0.05) is 41.9 Å². The smallest absolute Gasteiger partial charge is 0.246 e. The van der Waals surface area contributed by atoms with Crippen LogP contribution >= 0.6 is 11.6 Å². The number of para-hydroxylation sites is 1. The SMILES string of the molecule is O=C1CCC(C(=O)N2CCN(c3ccccc3)C(=O)C2)CN1CCc1ccc(Cl)cc1. The molecule has 7 heteroatoms. The van der Waals surface area contributed by atoms with Crippen LogP contribution in [0.4, 0.5) is 5.69 Å². The van der Waals surface area contributed by atoms with Crippen molar-refractivity contribution in [2.45, 2.75) is 19.3 Å². The van der Waals surface area contributed by atoms with Gasteiger partial charge in [-0.15, -0.1) is 0 Å². The summed E-state index contributed by atoms with van der Waals surface area (Å²) in [6.45, 7) is 2.07. The summed E-state index contributed by atoms with van der Waals surface area (Å²) in [5, 5.41) is 0.686. The number of carbonyl (C=O) groups is 3. The van der Waals surface area contributed by atoms with Crippen LogP contribution in [0, 0.1) is 5.92 Å². The second-order valence-electron chi connectivity index (χ2n) is 8.09. The molecule has 3 amide bonds.